The van der Waals surface area contributed by atoms with Gasteiger partial charge in [-0.1, -0.05) is 135 Å². The molecule has 0 N–H and O–H groups in total. The number of hydrogen-bond acceptors (Lipinski definition) is 2. The van der Waals surface area contributed by atoms with Gasteiger partial charge in [0.2, 0.25) is 0 Å². The van der Waals surface area contributed by atoms with Gasteiger partial charge in [-0.2, -0.15) is 0 Å². The highest BCUT2D eigenvalue weighted by molar-refractivity contribution is 5.89. The standard InChI is InChI=1S/C67H68N2/c1-13-31-67(57-33-48(10)64(35-46(57)8)69(52-27-19-43(5)20-28-52)53-29-21-44(6)22-30-53)61-37-55-54-36-49-40-66(14-2,58(49)38-59(54)65(11,12)60(55)39-62(61)67)56-32-47(9)63(34-45(56)7)68(50-23-15-41(3)16-24-50)51-25-17-42(4)18-26-51/h15-30,32-39H,13-14,31,40H2,1-12H3. The van der Waals surface area contributed by atoms with E-state index < -0.39 is 0 Å². The maximum absolute atomic E-state index is 2.64. The molecule has 0 aromatic heterocycles. The summed E-state index contributed by atoms with van der Waals surface area (Å²) in [4.78, 5) is 4.88. The number of benzene rings is 8. The van der Waals surface area contributed by atoms with Gasteiger partial charge in [-0.25, -0.2) is 0 Å². The summed E-state index contributed by atoms with van der Waals surface area (Å²) < 4.78 is 0. The van der Waals surface area contributed by atoms with Gasteiger partial charge in [-0.15, -0.1) is 0 Å². The van der Waals surface area contributed by atoms with E-state index in [1.54, 1.807) is 0 Å². The molecule has 0 saturated carbocycles. The van der Waals surface area contributed by atoms with Crippen LogP contribution in [-0.4, -0.2) is 0 Å². The van der Waals surface area contributed by atoms with Crippen molar-refractivity contribution in [2.45, 2.75) is 125 Å². The van der Waals surface area contributed by atoms with E-state index >= 15 is 0 Å². The van der Waals surface area contributed by atoms with Crippen LogP contribution in [0.3, 0.4) is 0 Å². The van der Waals surface area contributed by atoms with Crippen LogP contribution in [0.5, 0.6) is 0 Å². The van der Waals surface area contributed by atoms with Crippen LogP contribution >= 0.6 is 0 Å². The number of hydrogen-bond donors (Lipinski definition) is 0. The molecule has 2 nitrogen and oxygen atoms in total. The second-order valence-corrected chi connectivity index (χ2v) is 21.8. The number of aryl methyl sites for hydroxylation is 8. The molecule has 0 bridgehead atoms. The fraction of sp³-hybridized carbons (Fsp3) is 0.284. The first-order chi connectivity index (χ1) is 33.1. The van der Waals surface area contributed by atoms with Crippen LogP contribution in [-0.2, 0) is 22.7 Å². The van der Waals surface area contributed by atoms with Crippen molar-refractivity contribution in [1.82, 2.24) is 0 Å². The van der Waals surface area contributed by atoms with Crippen molar-refractivity contribution in [2.75, 3.05) is 9.80 Å². The second kappa shape index (κ2) is 16.2. The predicted molar refractivity (Wildman–Crippen MR) is 294 cm³/mol. The molecule has 0 spiro atoms. The first kappa shape index (κ1) is 44.8. The third kappa shape index (κ3) is 6.87. The zero-order valence-electron chi connectivity index (χ0n) is 43.1. The van der Waals surface area contributed by atoms with Gasteiger partial charge in [0.15, 0.2) is 0 Å². The van der Waals surface area contributed by atoms with Gasteiger partial charge in [0.25, 0.3) is 0 Å². The summed E-state index contributed by atoms with van der Waals surface area (Å²) in [6, 6.07) is 56.4. The van der Waals surface area contributed by atoms with Crippen LogP contribution in [0.2, 0.25) is 0 Å². The Hall–Kier alpha value is -6.64. The van der Waals surface area contributed by atoms with Crippen molar-refractivity contribution in [3.63, 3.8) is 0 Å². The molecule has 0 saturated heterocycles. The second-order valence-electron chi connectivity index (χ2n) is 21.8. The summed E-state index contributed by atoms with van der Waals surface area (Å²) in [5.74, 6) is 0. The molecule has 2 heteroatoms. The van der Waals surface area contributed by atoms with Crippen molar-refractivity contribution in [2.24, 2.45) is 0 Å². The maximum Gasteiger partial charge on any atom is 0.0493 e. The monoisotopic (exact) mass is 901 g/mol. The predicted octanol–water partition coefficient (Wildman–Crippen LogP) is 18.1. The zero-order valence-corrected chi connectivity index (χ0v) is 43.1. The molecule has 11 rings (SSSR count). The minimum atomic E-state index is -0.112. The van der Waals surface area contributed by atoms with Crippen molar-refractivity contribution in [3.8, 4) is 11.1 Å². The molecule has 3 aliphatic rings. The molecule has 2 atom stereocenters. The summed E-state index contributed by atoms with van der Waals surface area (Å²) >= 11 is 0. The summed E-state index contributed by atoms with van der Waals surface area (Å²) in [6.45, 7) is 27.7. The Morgan fingerprint density at radius 2 is 0.783 bits per heavy atom. The van der Waals surface area contributed by atoms with E-state index in [0.29, 0.717) is 0 Å². The van der Waals surface area contributed by atoms with E-state index in [2.05, 4.69) is 238 Å². The van der Waals surface area contributed by atoms with Crippen LogP contribution < -0.4 is 9.80 Å². The Balaban J connectivity index is 0.957. The van der Waals surface area contributed by atoms with Gasteiger partial charge in [0.05, 0.1) is 0 Å². The van der Waals surface area contributed by atoms with E-state index in [-0.39, 0.29) is 16.2 Å². The van der Waals surface area contributed by atoms with Crippen LogP contribution in [0.15, 0.2) is 146 Å². The number of rotatable bonds is 11. The molecule has 346 valence electrons. The highest BCUT2D eigenvalue weighted by atomic mass is 15.1. The molecular weight excluding hydrogens is 833 g/mol. The quantitative estimate of drug-likeness (QED) is 0.128. The molecule has 0 heterocycles. The summed E-state index contributed by atoms with van der Waals surface area (Å²) in [5, 5.41) is 0. The largest absolute Gasteiger partial charge is 0.310 e. The van der Waals surface area contributed by atoms with Crippen molar-refractivity contribution >= 4 is 34.1 Å². The smallest absolute Gasteiger partial charge is 0.0493 e. The Bertz CT molecular complexity index is 3240. The Labute approximate surface area is 412 Å². The lowest BCUT2D eigenvalue weighted by atomic mass is 9.57. The third-order valence-corrected chi connectivity index (χ3v) is 16.8. The molecule has 0 fully saturated rings. The first-order valence-electron chi connectivity index (χ1n) is 25.6. The molecule has 8 aromatic carbocycles. The summed E-state index contributed by atoms with van der Waals surface area (Å²) in [5.41, 5.74) is 32.4. The molecule has 8 aromatic rings. The third-order valence-electron chi connectivity index (χ3n) is 16.8. The van der Waals surface area contributed by atoms with Gasteiger partial charge in [0.1, 0.15) is 0 Å². The van der Waals surface area contributed by atoms with Crippen LogP contribution in [0.25, 0.3) is 11.1 Å². The van der Waals surface area contributed by atoms with E-state index in [1.807, 2.05) is 0 Å². The normalized spacial score (nSPS) is 17.9. The molecule has 3 aliphatic carbocycles. The van der Waals surface area contributed by atoms with E-state index in [0.717, 1.165) is 25.7 Å². The van der Waals surface area contributed by atoms with Crippen molar-refractivity contribution in [1.29, 1.82) is 0 Å². The highest BCUT2D eigenvalue weighted by Crippen LogP contribution is 2.64. The van der Waals surface area contributed by atoms with Crippen molar-refractivity contribution < 1.29 is 0 Å². The number of anilines is 6. The summed E-state index contributed by atoms with van der Waals surface area (Å²) in [7, 11) is 0. The van der Waals surface area contributed by atoms with E-state index in [9.17, 15) is 0 Å². The lowest BCUT2D eigenvalue weighted by Gasteiger charge is -2.46. The van der Waals surface area contributed by atoms with Gasteiger partial charge in [-0.05, 0) is 219 Å². The topological polar surface area (TPSA) is 6.48 Å². The maximum atomic E-state index is 2.64. The zero-order chi connectivity index (χ0) is 48.3. The van der Waals surface area contributed by atoms with Crippen LogP contribution in [0.4, 0.5) is 34.1 Å². The van der Waals surface area contributed by atoms with Gasteiger partial charge in [0, 0.05) is 50.4 Å². The van der Waals surface area contributed by atoms with E-state index in [1.165, 1.54) is 134 Å². The lowest BCUT2D eigenvalue weighted by Crippen LogP contribution is -2.40. The lowest BCUT2D eigenvalue weighted by molar-refractivity contribution is 0.429. The number of fused-ring (bicyclic) bond motifs is 5. The average Bonchev–Trinajstić information content (AvgIpc) is 3.89. The van der Waals surface area contributed by atoms with Gasteiger partial charge < -0.3 is 9.80 Å². The van der Waals surface area contributed by atoms with Gasteiger partial charge in [-0.3, -0.25) is 0 Å². The minimum Gasteiger partial charge on any atom is -0.310 e. The molecule has 0 amide bonds. The van der Waals surface area contributed by atoms with Gasteiger partial charge >= 0.3 is 0 Å². The Morgan fingerprint density at radius 1 is 0.391 bits per heavy atom. The molecule has 0 radical (unpaired) electrons. The summed E-state index contributed by atoms with van der Waals surface area (Å²) in [6.07, 6.45) is 4.39. The fourth-order valence-corrected chi connectivity index (χ4v) is 12.9. The minimum absolute atomic E-state index is 0.0131. The molecular formula is C67H68N2. The SMILES string of the molecule is CCCC1(c2cc(C)c(N(c3ccc(C)cc3)c3ccc(C)cc3)cc2C)c2cc3c(cc21)C(C)(C)c1cc2c(cc1-3)CC2(CC)c1cc(C)c(N(c2ccc(C)cc2)c2ccc(C)cc2)cc1C. The molecule has 2 unspecified atom stereocenters. The Kier molecular flexibility index (Phi) is 10.5. The van der Waals surface area contributed by atoms with E-state index in [4.69, 9.17) is 0 Å². The average molecular weight is 901 g/mol. The molecule has 0 aliphatic heterocycles. The Morgan fingerprint density at radius 3 is 1.22 bits per heavy atom. The fourth-order valence-electron chi connectivity index (χ4n) is 12.9. The van der Waals surface area contributed by atoms with Crippen LogP contribution in [0, 0.1) is 55.4 Å². The molecule has 69 heavy (non-hydrogen) atoms. The van der Waals surface area contributed by atoms with Crippen molar-refractivity contribution in [3.05, 3.63) is 235 Å². The number of nitrogens with zero attached hydrogens (tertiary/aromatic N) is 2. The highest BCUT2D eigenvalue weighted by Gasteiger charge is 2.55. The van der Waals surface area contributed by atoms with Crippen LogP contribution in [0.1, 0.15) is 136 Å². The first-order valence-corrected chi connectivity index (χ1v) is 25.6.